The van der Waals surface area contributed by atoms with E-state index in [-0.39, 0.29) is 24.8 Å². The molecule has 10 nitrogen and oxygen atoms in total. The van der Waals surface area contributed by atoms with Crippen molar-refractivity contribution in [3.8, 4) is 0 Å². The molecule has 2 saturated heterocycles. The maximum absolute atomic E-state index is 13.3. The number of carbonyl (C=O) groups is 4. The summed E-state index contributed by atoms with van der Waals surface area (Å²) in [5, 5.41) is 5.44. The molecule has 1 aromatic heterocycles. The Morgan fingerprint density at radius 1 is 1.27 bits per heavy atom. The van der Waals surface area contributed by atoms with Crippen molar-refractivity contribution in [3.63, 3.8) is 0 Å². The van der Waals surface area contributed by atoms with Crippen LogP contribution in [-0.4, -0.2) is 75.9 Å². The van der Waals surface area contributed by atoms with Gasteiger partial charge in [0.25, 0.3) is 5.91 Å². The highest BCUT2D eigenvalue weighted by atomic mass is 16.2. The highest BCUT2D eigenvalue weighted by Gasteiger charge is 2.45. The fourth-order valence-corrected chi connectivity index (χ4v) is 4.15. The van der Waals surface area contributed by atoms with Crippen LogP contribution in [0.1, 0.15) is 29.8 Å². The molecule has 3 unspecified atom stereocenters. The molecular weight excluding hydrogens is 388 g/mol. The molecule has 3 rings (SSSR count). The summed E-state index contributed by atoms with van der Waals surface area (Å²) in [6.45, 7) is 4.47. The molecule has 5 amide bonds. The molecule has 2 fully saturated rings. The number of hydrogen-bond donors (Lipinski definition) is 3. The monoisotopic (exact) mass is 416 g/mol. The maximum Gasteiger partial charge on any atom is 0.315 e. The van der Waals surface area contributed by atoms with Crippen molar-refractivity contribution in [1.82, 2.24) is 25.0 Å². The first-order valence-electron chi connectivity index (χ1n) is 10.0. The van der Waals surface area contributed by atoms with Gasteiger partial charge in [-0.3, -0.25) is 14.4 Å². The van der Waals surface area contributed by atoms with Crippen molar-refractivity contribution in [2.24, 2.45) is 12.8 Å². The van der Waals surface area contributed by atoms with Gasteiger partial charge in [-0.25, -0.2) is 4.79 Å². The van der Waals surface area contributed by atoms with Gasteiger partial charge in [-0.15, -0.1) is 6.58 Å². The van der Waals surface area contributed by atoms with Crippen molar-refractivity contribution < 1.29 is 19.2 Å². The van der Waals surface area contributed by atoms with Crippen LogP contribution in [0, 0.1) is 0 Å². The minimum atomic E-state index is -0.781. The van der Waals surface area contributed by atoms with Crippen molar-refractivity contribution in [3.05, 3.63) is 36.7 Å². The van der Waals surface area contributed by atoms with Gasteiger partial charge in [-0.1, -0.05) is 6.08 Å². The van der Waals surface area contributed by atoms with Crippen LogP contribution in [-0.2, 0) is 16.6 Å². The second kappa shape index (κ2) is 9.02. The molecule has 0 spiro atoms. The van der Waals surface area contributed by atoms with E-state index in [4.69, 9.17) is 5.73 Å². The van der Waals surface area contributed by atoms with E-state index in [0.717, 1.165) is 0 Å². The number of rotatable bonds is 6. The number of primary amides is 1. The average molecular weight is 416 g/mol. The van der Waals surface area contributed by atoms with Crippen LogP contribution < -0.4 is 16.4 Å². The number of likely N-dealkylation sites (tertiary alicyclic amines) is 2. The zero-order valence-electron chi connectivity index (χ0n) is 17.0. The van der Waals surface area contributed by atoms with E-state index in [0.29, 0.717) is 31.6 Å². The Hall–Kier alpha value is -3.30. The van der Waals surface area contributed by atoms with Gasteiger partial charge < -0.3 is 30.7 Å². The largest absolute Gasteiger partial charge is 0.368 e. The lowest BCUT2D eigenvalue weighted by molar-refractivity contribution is -0.140. The van der Waals surface area contributed by atoms with Crippen LogP contribution in [0.5, 0.6) is 0 Å². The van der Waals surface area contributed by atoms with Crippen molar-refractivity contribution >= 4 is 23.8 Å². The molecule has 3 atom stereocenters. The molecular formula is C20H28N6O4. The van der Waals surface area contributed by atoms with Crippen LogP contribution in [0.15, 0.2) is 31.0 Å². The van der Waals surface area contributed by atoms with Crippen LogP contribution in [0.4, 0.5) is 4.79 Å². The quantitative estimate of drug-likeness (QED) is 0.543. The number of hydrogen-bond acceptors (Lipinski definition) is 4. The molecule has 0 aromatic carbocycles. The minimum Gasteiger partial charge on any atom is -0.368 e. The lowest BCUT2D eigenvalue weighted by Crippen LogP contribution is -2.52. The standard InChI is InChI=1S/C20H28N6O4/c1-3-8-22-20(30)23-13-11-16(19(29)25-10-5-6-14(25)17(21)27)26(12-13)18(28)15-7-4-9-24(15)2/h3-4,7,9,13-14,16H,1,5-6,8,10-12H2,2H3,(H2,21,27)(H2,22,23,30). The van der Waals surface area contributed by atoms with E-state index < -0.39 is 30.1 Å². The molecule has 162 valence electrons. The summed E-state index contributed by atoms with van der Waals surface area (Å²) in [5.41, 5.74) is 5.91. The van der Waals surface area contributed by atoms with E-state index >= 15 is 0 Å². The van der Waals surface area contributed by atoms with E-state index in [9.17, 15) is 19.2 Å². The van der Waals surface area contributed by atoms with Gasteiger partial charge >= 0.3 is 6.03 Å². The van der Waals surface area contributed by atoms with E-state index in [1.54, 1.807) is 36.0 Å². The third-order valence-electron chi connectivity index (χ3n) is 5.62. The molecule has 2 aliphatic heterocycles. The summed E-state index contributed by atoms with van der Waals surface area (Å²) in [7, 11) is 1.75. The number of carbonyl (C=O) groups excluding carboxylic acids is 4. The van der Waals surface area contributed by atoms with E-state index in [2.05, 4.69) is 17.2 Å². The van der Waals surface area contributed by atoms with Gasteiger partial charge in [0.2, 0.25) is 11.8 Å². The molecule has 1 aromatic rings. The lowest BCUT2D eigenvalue weighted by Gasteiger charge is -2.30. The number of nitrogens with one attached hydrogen (secondary N) is 2. The van der Waals surface area contributed by atoms with Crippen molar-refractivity contribution in [2.75, 3.05) is 19.6 Å². The van der Waals surface area contributed by atoms with Gasteiger partial charge in [0.15, 0.2) is 0 Å². The highest BCUT2D eigenvalue weighted by Crippen LogP contribution is 2.26. The maximum atomic E-state index is 13.3. The van der Waals surface area contributed by atoms with Gasteiger partial charge in [-0.2, -0.15) is 0 Å². The summed E-state index contributed by atoms with van der Waals surface area (Å²) in [4.78, 5) is 53.3. The second-order valence-electron chi connectivity index (χ2n) is 7.65. The summed E-state index contributed by atoms with van der Waals surface area (Å²) >= 11 is 0. The zero-order valence-corrected chi connectivity index (χ0v) is 17.0. The van der Waals surface area contributed by atoms with Crippen molar-refractivity contribution in [2.45, 2.75) is 37.4 Å². The predicted molar refractivity (Wildman–Crippen MR) is 109 cm³/mol. The van der Waals surface area contributed by atoms with Gasteiger partial charge in [-0.05, 0) is 31.4 Å². The Kier molecular flexibility index (Phi) is 6.43. The molecule has 3 heterocycles. The summed E-state index contributed by atoms with van der Waals surface area (Å²) in [6, 6.07) is 1.20. The van der Waals surface area contributed by atoms with Crippen molar-refractivity contribution in [1.29, 1.82) is 0 Å². The van der Waals surface area contributed by atoms with Crippen LogP contribution >= 0.6 is 0 Å². The molecule has 0 bridgehead atoms. The zero-order chi connectivity index (χ0) is 21.8. The smallest absolute Gasteiger partial charge is 0.315 e. The van der Waals surface area contributed by atoms with Gasteiger partial charge in [0, 0.05) is 32.9 Å². The fourth-order valence-electron chi connectivity index (χ4n) is 4.15. The Labute approximate surface area is 175 Å². The molecule has 30 heavy (non-hydrogen) atoms. The van der Waals surface area contributed by atoms with Gasteiger partial charge in [0.1, 0.15) is 17.8 Å². The Morgan fingerprint density at radius 3 is 2.67 bits per heavy atom. The molecule has 4 N–H and O–H groups in total. The van der Waals surface area contributed by atoms with E-state index in [1.807, 2.05) is 0 Å². The third kappa shape index (κ3) is 4.32. The molecule has 0 saturated carbocycles. The molecule has 0 aliphatic carbocycles. The Bertz CT molecular complexity index is 850. The van der Waals surface area contributed by atoms with Crippen LogP contribution in [0.2, 0.25) is 0 Å². The second-order valence-corrected chi connectivity index (χ2v) is 7.65. The first kappa shape index (κ1) is 21.4. The number of nitrogens with zero attached hydrogens (tertiary/aromatic N) is 3. The summed E-state index contributed by atoms with van der Waals surface area (Å²) < 4.78 is 1.68. The predicted octanol–water partition coefficient (Wildman–Crippen LogP) is -0.430. The molecule has 10 heteroatoms. The molecule has 2 aliphatic rings. The number of aromatic nitrogens is 1. The van der Waals surface area contributed by atoms with Crippen LogP contribution in [0.3, 0.4) is 0 Å². The summed E-state index contributed by atoms with van der Waals surface area (Å²) in [5.74, 6) is -1.15. The Balaban J connectivity index is 1.81. The number of nitrogens with two attached hydrogens (primary N) is 1. The van der Waals surface area contributed by atoms with Crippen LogP contribution in [0.25, 0.3) is 0 Å². The lowest BCUT2D eigenvalue weighted by atomic mass is 10.1. The number of urea groups is 1. The Morgan fingerprint density at radius 2 is 2.03 bits per heavy atom. The number of aryl methyl sites for hydroxylation is 1. The SMILES string of the molecule is C=CCNC(=O)NC1CC(C(=O)N2CCCC2C(N)=O)N(C(=O)c2cccn2C)C1. The summed E-state index contributed by atoms with van der Waals surface area (Å²) in [6.07, 6.45) is 4.78. The first-order chi connectivity index (χ1) is 14.3. The third-order valence-corrected chi connectivity index (χ3v) is 5.62. The van der Waals surface area contributed by atoms with Gasteiger partial charge in [0.05, 0.1) is 6.04 Å². The first-order valence-corrected chi connectivity index (χ1v) is 10.0. The normalized spacial score (nSPS) is 23.3. The topological polar surface area (TPSA) is 130 Å². The van der Waals surface area contributed by atoms with E-state index in [1.165, 1.54) is 9.80 Å². The average Bonchev–Trinajstić information content (AvgIpc) is 3.44. The number of amides is 5. The molecule has 0 radical (unpaired) electrons. The minimum absolute atomic E-state index is 0.191. The fraction of sp³-hybridized carbons (Fsp3) is 0.500. The highest BCUT2D eigenvalue weighted by molar-refractivity contribution is 5.98.